The average Bonchev–Trinajstić information content (AvgIpc) is 2.77. The van der Waals surface area contributed by atoms with Crippen LogP contribution < -0.4 is 0 Å². The van der Waals surface area contributed by atoms with Crippen LogP contribution >= 0.6 is 0 Å². The Hall–Kier alpha value is -2.29. The third-order valence-corrected chi connectivity index (χ3v) is 2.27. The highest BCUT2D eigenvalue weighted by Crippen LogP contribution is 2.30. The van der Waals surface area contributed by atoms with Crippen LogP contribution in [0.4, 0.5) is 13.2 Å². The van der Waals surface area contributed by atoms with Crippen molar-refractivity contribution in [2.45, 2.75) is 12.6 Å². The maximum absolute atomic E-state index is 12.4. The molecule has 0 aliphatic rings. The van der Waals surface area contributed by atoms with Gasteiger partial charge in [-0.15, -0.1) is 0 Å². The fourth-order valence-electron chi connectivity index (χ4n) is 1.40. The highest BCUT2D eigenvalue weighted by Gasteiger charge is 2.30. The van der Waals surface area contributed by atoms with Gasteiger partial charge in [-0.25, -0.2) is 4.98 Å². The number of hydrogen-bond donors (Lipinski definition) is 0. The van der Waals surface area contributed by atoms with Gasteiger partial charge in [0.05, 0.1) is 23.7 Å². The molecule has 6 heteroatoms. The first-order chi connectivity index (χ1) is 8.50. The Bertz CT molecular complexity index is 579. The van der Waals surface area contributed by atoms with E-state index in [0.29, 0.717) is 11.3 Å². The van der Waals surface area contributed by atoms with Crippen molar-refractivity contribution in [3.63, 3.8) is 0 Å². The number of benzene rings is 1. The fraction of sp³-hybridized carbons (Fsp3) is 0.167. The lowest BCUT2D eigenvalue weighted by molar-refractivity contribution is -0.137. The van der Waals surface area contributed by atoms with Crippen LogP contribution in [0.2, 0.25) is 0 Å². The number of alkyl halides is 3. The van der Waals surface area contributed by atoms with Crippen LogP contribution in [0.25, 0.3) is 11.5 Å². The van der Waals surface area contributed by atoms with E-state index in [1.165, 1.54) is 18.4 Å². The molecule has 1 aromatic heterocycles. The van der Waals surface area contributed by atoms with E-state index < -0.39 is 11.7 Å². The second kappa shape index (κ2) is 4.53. The van der Waals surface area contributed by atoms with Gasteiger partial charge >= 0.3 is 6.18 Å². The monoisotopic (exact) mass is 252 g/mol. The highest BCUT2D eigenvalue weighted by atomic mass is 19.4. The summed E-state index contributed by atoms with van der Waals surface area (Å²) in [6, 6.07) is 6.40. The van der Waals surface area contributed by atoms with Crippen LogP contribution in [0.15, 0.2) is 34.9 Å². The van der Waals surface area contributed by atoms with Gasteiger partial charge in [-0.1, -0.05) is 0 Å². The van der Waals surface area contributed by atoms with E-state index in [4.69, 9.17) is 9.68 Å². The molecule has 3 nitrogen and oxygen atoms in total. The van der Waals surface area contributed by atoms with E-state index >= 15 is 0 Å². The minimum absolute atomic E-state index is 0.101. The van der Waals surface area contributed by atoms with Crippen LogP contribution in [-0.4, -0.2) is 4.98 Å². The number of aromatic nitrogens is 1. The summed E-state index contributed by atoms with van der Waals surface area (Å²) in [4.78, 5) is 3.99. The van der Waals surface area contributed by atoms with Gasteiger partial charge in [-0.3, -0.25) is 0 Å². The lowest BCUT2D eigenvalue weighted by atomic mass is 10.1. The van der Waals surface area contributed by atoms with Gasteiger partial charge in [0, 0.05) is 5.56 Å². The van der Waals surface area contributed by atoms with Crippen molar-refractivity contribution in [3.8, 4) is 17.5 Å². The molecule has 0 aliphatic carbocycles. The molecule has 0 saturated carbocycles. The van der Waals surface area contributed by atoms with Gasteiger partial charge in [-0.05, 0) is 24.3 Å². The normalized spacial score (nSPS) is 11.2. The molecule has 18 heavy (non-hydrogen) atoms. The van der Waals surface area contributed by atoms with Gasteiger partial charge < -0.3 is 4.42 Å². The van der Waals surface area contributed by atoms with Crippen LogP contribution in [-0.2, 0) is 12.6 Å². The second-order valence-corrected chi connectivity index (χ2v) is 3.55. The van der Waals surface area contributed by atoms with Crippen LogP contribution in [0.5, 0.6) is 0 Å². The summed E-state index contributed by atoms with van der Waals surface area (Å²) in [6.07, 6.45) is -2.94. The smallest absolute Gasteiger partial charge is 0.416 e. The molecule has 0 unspecified atom stereocenters. The van der Waals surface area contributed by atoms with E-state index in [1.807, 2.05) is 6.07 Å². The largest absolute Gasteiger partial charge is 0.444 e. The number of hydrogen-bond acceptors (Lipinski definition) is 3. The SMILES string of the molecule is N#CCc1coc(-c2ccc(C(F)(F)F)cc2)n1. The Morgan fingerprint density at radius 3 is 2.44 bits per heavy atom. The number of nitriles is 1. The summed E-state index contributed by atoms with van der Waals surface area (Å²) < 4.78 is 42.1. The zero-order chi connectivity index (χ0) is 13.2. The van der Waals surface area contributed by atoms with Crippen molar-refractivity contribution in [1.82, 2.24) is 4.98 Å². The Morgan fingerprint density at radius 1 is 1.22 bits per heavy atom. The molecule has 0 radical (unpaired) electrons. The Balaban J connectivity index is 2.26. The minimum atomic E-state index is -4.36. The van der Waals surface area contributed by atoms with Crippen LogP contribution in [0.3, 0.4) is 0 Å². The molecule has 2 rings (SSSR count). The first kappa shape index (κ1) is 12.2. The second-order valence-electron chi connectivity index (χ2n) is 3.55. The number of oxazole rings is 1. The summed E-state index contributed by atoms with van der Waals surface area (Å²) in [5.41, 5.74) is 0.162. The molecule has 92 valence electrons. The molecule has 0 aliphatic heterocycles. The van der Waals surface area contributed by atoms with Crippen molar-refractivity contribution in [2.75, 3.05) is 0 Å². The van der Waals surface area contributed by atoms with Crippen LogP contribution in [0.1, 0.15) is 11.3 Å². The molecule has 0 bridgehead atoms. The predicted octanol–water partition coefficient (Wildman–Crippen LogP) is 3.43. The number of nitrogens with zero attached hydrogens (tertiary/aromatic N) is 2. The van der Waals surface area contributed by atoms with E-state index in [-0.39, 0.29) is 12.3 Å². The van der Waals surface area contributed by atoms with E-state index in [1.54, 1.807) is 0 Å². The van der Waals surface area contributed by atoms with E-state index in [9.17, 15) is 13.2 Å². The topological polar surface area (TPSA) is 49.8 Å². The van der Waals surface area contributed by atoms with Crippen molar-refractivity contribution < 1.29 is 17.6 Å². The van der Waals surface area contributed by atoms with Crippen molar-refractivity contribution in [3.05, 3.63) is 41.8 Å². The lowest BCUT2D eigenvalue weighted by Crippen LogP contribution is -2.03. The summed E-state index contributed by atoms with van der Waals surface area (Å²) in [7, 11) is 0. The molecule has 0 saturated heterocycles. The molecule has 0 N–H and O–H groups in total. The first-order valence-corrected chi connectivity index (χ1v) is 4.99. The zero-order valence-electron chi connectivity index (χ0n) is 9.03. The summed E-state index contributed by atoms with van der Waals surface area (Å²) >= 11 is 0. The quantitative estimate of drug-likeness (QED) is 0.822. The molecular formula is C12H7F3N2O. The molecule has 0 fully saturated rings. The van der Waals surface area contributed by atoms with Gasteiger partial charge in [0.1, 0.15) is 6.26 Å². The molecule has 0 spiro atoms. The summed E-state index contributed by atoms with van der Waals surface area (Å²) in [6.45, 7) is 0. The zero-order valence-corrected chi connectivity index (χ0v) is 9.03. The molecule has 2 aromatic rings. The summed E-state index contributed by atoms with van der Waals surface area (Å²) in [5.74, 6) is 0.203. The lowest BCUT2D eigenvalue weighted by Gasteiger charge is -2.05. The maximum Gasteiger partial charge on any atom is 0.416 e. The number of halogens is 3. The minimum Gasteiger partial charge on any atom is -0.444 e. The van der Waals surface area contributed by atoms with Gasteiger partial charge in [0.2, 0.25) is 5.89 Å². The van der Waals surface area contributed by atoms with Crippen molar-refractivity contribution in [1.29, 1.82) is 5.26 Å². The third kappa shape index (κ3) is 2.51. The van der Waals surface area contributed by atoms with Gasteiger partial charge in [0.25, 0.3) is 0 Å². The maximum atomic E-state index is 12.4. The molecular weight excluding hydrogens is 245 g/mol. The van der Waals surface area contributed by atoms with Gasteiger partial charge in [0.15, 0.2) is 0 Å². The Morgan fingerprint density at radius 2 is 1.89 bits per heavy atom. The molecule has 1 aromatic carbocycles. The highest BCUT2D eigenvalue weighted by molar-refractivity contribution is 5.54. The van der Waals surface area contributed by atoms with E-state index in [2.05, 4.69) is 4.98 Å². The first-order valence-electron chi connectivity index (χ1n) is 4.99. The Kier molecular flexibility index (Phi) is 3.06. The Labute approximate surface area is 100 Å². The standard InChI is InChI=1S/C12H7F3N2O/c13-12(14,15)9-3-1-8(2-4-9)11-17-10(5-6-16)7-18-11/h1-4,7H,5H2. The van der Waals surface area contributed by atoms with Gasteiger partial charge in [-0.2, -0.15) is 18.4 Å². The third-order valence-electron chi connectivity index (χ3n) is 2.27. The predicted molar refractivity (Wildman–Crippen MR) is 56.3 cm³/mol. The summed E-state index contributed by atoms with van der Waals surface area (Å²) in [5, 5.41) is 8.47. The van der Waals surface area contributed by atoms with E-state index in [0.717, 1.165) is 12.1 Å². The average molecular weight is 252 g/mol. The van der Waals surface area contributed by atoms with Crippen molar-refractivity contribution in [2.24, 2.45) is 0 Å². The van der Waals surface area contributed by atoms with Crippen molar-refractivity contribution >= 4 is 0 Å². The molecule has 0 atom stereocenters. The molecule has 0 amide bonds. The number of rotatable bonds is 2. The van der Waals surface area contributed by atoms with Crippen LogP contribution in [0, 0.1) is 11.3 Å². The fourth-order valence-corrected chi connectivity index (χ4v) is 1.40. The molecule has 1 heterocycles.